The second kappa shape index (κ2) is 6.52. The summed E-state index contributed by atoms with van der Waals surface area (Å²) in [6.45, 7) is 3.32. The highest BCUT2D eigenvalue weighted by Crippen LogP contribution is 2.49. The molecule has 1 aliphatic rings. The first-order valence-electron chi connectivity index (χ1n) is 8.59. The molecule has 0 bridgehead atoms. The van der Waals surface area contributed by atoms with E-state index in [4.69, 9.17) is 11.6 Å². The van der Waals surface area contributed by atoms with Crippen LogP contribution in [0.3, 0.4) is 0 Å². The number of rotatable bonds is 5. The van der Waals surface area contributed by atoms with E-state index in [-0.39, 0.29) is 17.7 Å². The number of aromatic nitrogens is 2. The normalized spacial score (nSPS) is 19.1. The van der Waals surface area contributed by atoms with Gasteiger partial charge in [0.2, 0.25) is 5.91 Å². The number of carbonyl (C=O) groups is 1. The Morgan fingerprint density at radius 3 is 2.84 bits per heavy atom. The van der Waals surface area contributed by atoms with E-state index in [0.717, 1.165) is 40.4 Å². The van der Waals surface area contributed by atoms with E-state index < -0.39 is 0 Å². The zero-order valence-electron chi connectivity index (χ0n) is 14.1. The highest BCUT2D eigenvalue weighted by molar-refractivity contribution is 6.31. The molecule has 1 aromatic heterocycles. The third-order valence-corrected chi connectivity index (χ3v) is 5.26. The molecular weight excluding hydrogens is 334 g/mol. The Bertz CT molecular complexity index is 934. The first-order valence-corrected chi connectivity index (χ1v) is 8.97. The van der Waals surface area contributed by atoms with Gasteiger partial charge in [-0.1, -0.05) is 41.9 Å². The van der Waals surface area contributed by atoms with Crippen molar-refractivity contribution in [2.24, 2.45) is 5.92 Å². The molecule has 0 aliphatic heterocycles. The van der Waals surface area contributed by atoms with Crippen LogP contribution in [0, 0.1) is 12.8 Å². The number of fused-ring (bicyclic) bond motifs is 1. The van der Waals surface area contributed by atoms with Crippen molar-refractivity contribution in [1.82, 2.24) is 14.9 Å². The van der Waals surface area contributed by atoms with Crippen molar-refractivity contribution in [3.63, 3.8) is 0 Å². The third kappa shape index (κ3) is 3.14. The molecule has 2 aromatic carbocycles. The van der Waals surface area contributed by atoms with Crippen molar-refractivity contribution >= 4 is 28.5 Å². The molecule has 1 fully saturated rings. The van der Waals surface area contributed by atoms with Gasteiger partial charge in [0, 0.05) is 24.0 Å². The average Bonchev–Trinajstić information content (AvgIpc) is 3.34. The molecule has 1 heterocycles. The number of aryl methyl sites for hydroxylation is 1. The minimum atomic E-state index is 0.0422. The summed E-state index contributed by atoms with van der Waals surface area (Å²) in [7, 11) is 0. The molecule has 0 unspecified atom stereocenters. The average molecular weight is 354 g/mol. The second-order valence-corrected chi connectivity index (χ2v) is 6.97. The van der Waals surface area contributed by atoms with Crippen LogP contribution in [0.4, 0.5) is 0 Å². The molecule has 2 atom stereocenters. The van der Waals surface area contributed by atoms with Gasteiger partial charge in [-0.3, -0.25) is 4.79 Å². The van der Waals surface area contributed by atoms with Crippen LogP contribution < -0.4 is 5.32 Å². The van der Waals surface area contributed by atoms with Gasteiger partial charge in [-0.15, -0.1) is 0 Å². The molecule has 5 heteroatoms. The van der Waals surface area contributed by atoms with Crippen molar-refractivity contribution in [3.05, 3.63) is 64.9 Å². The molecule has 1 aliphatic carbocycles. The highest BCUT2D eigenvalue weighted by Gasteiger charge is 2.44. The van der Waals surface area contributed by atoms with Gasteiger partial charge in [-0.05, 0) is 43.0 Å². The number of hydrogen-bond acceptors (Lipinski definition) is 2. The van der Waals surface area contributed by atoms with E-state index >= 15 is 0 Å². The van der Waals surface area contributed by atoms with E-state index in [1.165, 1.54) is 0 Å². The maximum absolute atomic E-state index is 12.4. The molecular formula is C20H20ClN3O. The van der Waals surface area contributed by atoms with Crippen LogP contribution in [0.25, 0.3) is 11.0 Å². The van der Waals surface area contributed by atoms with Gasteiger partial charge in [0.1, 0.15) is 5.82 Å². The second-order valence-electron chi connectivity index (χ2n) is 6.56. The molecule has 4 nitrogen and oxygen atoms in total. The summed E-state index contributed by atoms with van der Waals surface area (Å²) in [5.41, 5.74) is 3.18. The highest BCUT2D eigenvalue weighted by atomic mass is 35.5. The fourth-order valence-corrected chi connectivity index (χ4v) is 3.78. The standard InChI is InChI=1S/C20H20ClN3O/c1-13-23-18-8-4-5-9-19(18)24(13)11-10-22-20(25)16-12-15(16)14-6-2-3-7-17(14)21/h2-9,15-16H,10-12H2,1H3,(H,22,25)/t15-,16-/m0/s1. The number of nitrogens with one attached hydrogen (secondary N) is 1. The zero-order chi connectivity index (χ0) is 17.4. The molecule has 0 radical (unpaired) electrons. The Labute approximate surface area is 151 Å². The van der Waals surface area contributed by atoms with Crippen LogP contribution in [-0.2, 0) is 11.3 Å². The number of hydrogen-bond donors (Lipinski definition) is 1. The Balaban J connectivity index is 1.36. The number of imidazole rings is 1. The lowest BCUT2D eigenvalue weighted by atomic mass is 10.1. The number of carbonyl (C=O) groups excluding carboxylic acids is 1. The van der Waals surface area contributed by atoms with Gasteiger partial charge in [-0.2, -0.15) is 0 Å². The number of benzene rings is 2. The largest absolute Gasteiger partial charge is 0.354 e. The Kier molecular flexibility index (Phi) is 4.22. The van der Waals surface area contributed by atoms with Gasteiger partial charge < -0.3 is 9.88 Å². The molecule has 0 saturated heterocycles. The van der Waals surface area contributed by atoms with Gasteiger partial charge >= 0.3 is 0 Å². The number of amides is 1. The Morgan fingerprint density at radius 1 is 1.24 bits per heavy atom. The summed E-state index contributed by atoms with van der Waals surface area (Å²) in [5, 5.41) is 3.82. The quantitative estimate of drug-likeness (QED) is 0.755. The van der Waals surface area contributed by atoms with E-state index in [1.807, 2.05) is 49.4 Å². The van der Waals surface area contributed by atoms with Gasteiger partial charge in [-0.25, -0.2) is 4.98 Å². The summed E-state index contributed by atoms with van der Waals surface area (Å²) >= 11 is 6.23. The maximum atomic E-state index is 12.4. The number of nitrogens with zero attached hydrogens (tertiary/aromatic N) is 2. The van der Waals surface area contributed by atoms with Crippen LogP contribution in [0.2, 0.25) is 5.02 Å². The van der Waals surface area contributed by atoms with E-state index in [9.17, 15) is 4.79 Å². The number of halogens is 1. The summed E-state index contributed by atoms with van der Waals surface area (Å²) in [4.78, 5) is 17.0. The fraction of sp³-hybridized carbons (Fsp3) is 0.300. The van der Waals surface area contributed by atoms with Crippen LogP contribution >= 0.6 is 11.6 Å². The summed E-state index contributed by atoms with van der Waals surface area (Å²) < 4.78 is 2.15. The van der Waals surface area contributed by atoms with E-state index in [0.29, 0.717) is 6.54 Å². The van der Waals surface area contributed by atoms with Crippen molar-refractivity contribution in [1.29, 1.82) is 0 Å². The zero-order valence-corrected chi connectivity index (χ0v) is 14.8. The molecule has 128 valence electrons. The minimum Gasteiger partial charge on any atom is -0.354 e. The van der Waals surface area contributed by atoms with Gasteiger partial charge in [0.05, 0.1) is 11.0 Å². The number of para-hydroxylation sites is 2. The topological polar surface area (TPSA) is 46.9 Å². The minimum absolute atomic E-state index is 0.0422. The van der Waals surface area contributed by atoms with Gasteiger partial charge in [0.15, 0.2) is 0 Å². The summed E-state index contributed by atoms with van der Waals surface area (Å²) in [5.74, 6) is 1.38. The van der Waals surface area contributed by atoms with E-state index in [1.54, 1.807) is 0 Å². The lowest BCUT2D eigenvalue weighted by Gasteiger charge is -2.09. The lowest BCUT2D eigenvalue weighted by Crippen LogP contribution is -2.29. The summed E-state index contributed by atoms with van der Waals surface area (Å²) in [6, 6.07) is 15.9. The molecule has 1 amide bonds. The van der Waals surface area contributed by atoms with Gasteiger partial charge in [0.25, 0.3) is 0 Å². The van der Waals surface area contributed by atoms with Crippen LogP contribution in [0.15, 0.2) is 48.5 Å². The van der Waals surface area contributed by atoms with Crippen LogP contribution in [0.1, 0.15) is 23.7 Å². The van der Waals surface area contributed by atoms with E-state index in [2.05, 4.69) is 20.9 Å². The smallest absolute Gasteiger partial charge is 0.223 e. The molecule has 25 heavy (non-hydrogen) atoms. The lowest BCUT2D eigenvalue weighted by molar-refractivity contribution is -0.122. The predicted octanol–water partition coefficient (Wildman–Crippen LogP) is 3.92. The SMILES string of the molecule is Cc1nc2ccccc2n1CCNC(=O)[C@H]1C[C@H]1c1ccccc1Cl. The molecule has 4 rings (SSSR count). The van der Waals surface area contributed by atoms with Crippen molar-refractivity contribution in [2.75, 3.05) is 6.54 Å². The van der Waals surface area contributed by atoms with Crippen LogP contribution in [-0.4, -0.2) is 22.0 Å². The molecule has 1 N–H and O–H groups in total. The molecule has 1 saturated carbocycles. The van der Waals surface area contributed by atoms with Crippen molar-refractivity contribution in [2.45, 2.75) is 25.8 Å². The fourth-order valence-electron chi connectivity index (χ4n) is 3.50. The first kappa shape index (κ1) is 16.2. The third-order valence-electron chi connectivity index (χ3n) is 4.91. The van der Waals surface area contributed by atoms with Crippen molar-refractivity contribution < 1.29 is 4.79 Å². The summed E-state index contributed by atoms with van der Waals surface area (Å²) in [6.07, 6.45) is 0.878. The maximum Gasteiger partial charge on any atom is 0.223 e. The van der Waals surface area contributed by atoms with Crippen LogP contribution in [0.5, 0.6) is 0 Å². The first-order chi connectivity index (χ1) is 12.1. The Hall–Kier alpha value is -2.33. The Morgan fingerprint density at radius 2 is 2.00 bits per heavy atom. The predicted molar refractivity (Wildman–Crippen MR) is 99.8 cm³/mol. The molecule has 0 spiro atoms. The molecule has 3 aromatic rings. The monoisotopic (exact) mass is 353 g/mol. The van der Waals surface area contributed by atoms with Crippen molar-refractivity contribution in [3.8, 4) is 0 Å².